The van der Waals surface area contributed by atoms with Crippen LogP contribution < -0.4 is 0 Å². The third-order valence-electron chi connectivity index (χ3n) is 13.4. The van der Waals surface area contributed by atoms with Gasteiger partial charge in [0.2, 0.25) is 0 Å². The highest BCUT2D eigenvalue weighted by atomic mass is 16.6. The van der Waals surface area contributed by atoms with Crippen LogP contribution in [0.25, 0.3) is 0 Å². The predicted octanol–water partition coefficient (Wildman–Crippen LogP) is 7.16. The molecule has 0 bridgehead atoms. The lowest BCUT2D eigenvalue weighted by Gasteiger charge is -2.70. The monoisotopic (exact) mass is 440 g/mol. The molecular formula is C30H48O2. The molecule has 6 rings (SSSR count). The molecule has 10 atom stereocenters. The quantitative estimate of drug-likeness (QED) is 0.320. The first kappa shape index (κ1) is 22.1. The molecule has 6 aliphatic rings. The van der Waals surface area contributed by atoms with E-state index in [1.807, 2.05) is 0 Å². The average molecular weight is 441 g/mol. The first-order valence-electron chi connectivity index (χ1n) is 13.8. The average Bonchev–Trinajstić information content (AvgIpc) is 3.50. The van der Waals surface area contributed by atoms with Crippen molar-refractivity contribution in [1.29, 1.82) is 0 Å². The smallest absolute Gasteiger partial charge is 0.0943 e. The van der Waals surface area contributed by atoms with Crippen LogP contribution in [0.1, 0.15) is 107 Å². The highest BCUT2D eigenvalue weighted by molar-refractivity contribution is 5.39. The fourth-order valence-corrected chi connectivity index (χ4v) is 11.0. The fourth-order valence-electron chi connectivity index (χ4n) is 11.0. The molecule has 5 aliphatic carbocycles. The van der Waals surface area contributed by atoms with Crippen LogP contribution in [0.4, 0.5) is 0 Å². The summed E-state index contributed by atoms with van der Waals surface area (Å²) < 4.78 is 6.75. The second kappa shape index (κ2) is 6.07. The Morgan fingerprint density at radius 2 is 1.53 bits per heavy atom. The maximum absolute atomic E-state index is 10.9. The van der Waals surface area contributed by atoms with Crippen molar-refractivity contribution in [2.45, 2.75) is 125 Å². The highest BCUT2D eigenvalue weighted by Gasteiger charge is 2.77. The summed E-state index contributed by atoms with van der Waals surface area (Å²) in [5.41, 5.74) is 3.39. The lowest BCUT2D eigenvalue weighted by Crippen LogP contribution is -2.66. The predicted molar refractivity (Wildman–Crippen MR) is 130 cm³/mol. The number of hydrogen-bond donors (Lipinski definition) is 1. The number of rotatable bonds is 0. The van der Waals surface area contributed by atoms with E-state index in [-0.39, 0.29) is 16.9 Å². The van der Waals surface area contributed by atoms with Gasteiger partial charge < -0.3 is 9.84 Å². The molecule has 10 unspecified atom stereocenters. The molecule has 0 aromatic heterocycles. The lowest BCUT2D eigenvalue weighted by molar-refractivity contribution is -0.200. The fraction of sp³-hybridized carbons (Fsp3) is 0.933. The zero-order chi connectivity index (χ0) is 23.1. The van der Waals surface area contributed by atoms with E-state index in [0.717, 1.165) is 6.42 Å². The van der Waals surface area contributed by atoms with Crippen molar-refractivity contribution in [3.05, 3.63) is 11.6 Å². The van der Waals surface area contributed by atoms with Gasteiger partial charge in [-0.1, -0.05) is 67.0 Å². The van der Waals surface area contributed by atoms with Gasteiger partial charge in [0.15, 0.2) is 0 Å². The number of fused-ring (bicyclic) bond motifs is 10. The van der Waals surface area contributed by atoms with Gasteiger partial charge in [0, 0.05) is 10.8 Å². The van der Waals surface area contributed by atoms with Crippen LogP contribution >= 0.6 is 0 Å². The van der Waals surface area contributed by atoms with Crippen molar-refractivity contribution in [3.8, 4) is 0 Å². The minimum absolute atomic E-state index is 0.0242. The van der Waals surface area contributed by atoms with Gasteiger partial charge in [-0.2, -0.15) is 0 Å². The Bertz CT molecular complexity index is 870. The number of aliphatic hydroxyl groups excluding tert-OH is 1. The number of ether oxygens (including phenoxy) is 1. The summed E-state index contributed by atoms with van der Waals surface area (Å²) in [6, 6.07) is 0. The summed E-state index contributed by atoms with van der Waals surface area (Å²) in [5.74, 6) is 2.00. The van der Waals surface area contributed by atoms with Crippen LogP contribution in [0.5, 0.6) is 0 Å². The number of hydrogen-bond acceptors (Lipinski definition) is 2. The van der Waals surface area contributed by atoms with E-state index in [0.29, 0.717) is 51.6 Å². The summed E-state index contributed by atoms with van der Waals surface area (Å²) in [4.78, 5) is 0. The third-order valence-corrected chi connectivity index (χ3v) is 13.4. The van der Waals surface area contributed by atoms with Crippen LogP contribution in [0.3, 0.4) is 0 Å². The highest BCUT2D eigenvalue weighted by Crippen LogP contribution is 2.78. The van der Waals surface area contributed by atoms with E-state index >= 15 is 0 Å². The molecule has 0 spiro atoms. The van der Waals surface area contributed by atoms with Gasteiger partial charge >= 0.3 is 0 Å². The molecule has 4 saturated carbocycles. The zero-order valence-corrected chi connectivity index (χ0v) is 22.1. The van der Waals surface area contributed by atoms with Gasteiger partial charge in [-0.25, -0.2) is 0 Å². The molecule has 2 nitrogen and oxygen atoms in total. The Hall–Kier alpha value is -0.340. The molecule has 32 heavy (non-hydrogen) atoms. The van der Waals surface area contributed by atoms with Crippen LogP contribution in [0.15, 0.2) is 11.6 Å². The number of allylic oxidation sites excluding steroid dienone is 1. The van der Waals surface area contributed by atoms with Crippen molar-refractivity contribution in [1.82, 2.24) is 0 Å². The maximum atomic E-state index is 10.9. The Morgan fingerprint density at radius 1 is 0.812 bits per heavy atom. The van der Waals surface area contributed by atoms with E-state index < -0.39 is 0 Å². The van der Waals surface area contributed by atoms with E-state index in [2.05, 4.69) is 61.5 Å². The van der Waals surface area contributed by atoms with Crippen molar-refractivity contribution >= 4 is 0 Å². The summed E-state index contributed by atoms with van der Waals surface area (Å²) >= 11 is 0. The van der Waals surface area contributed by atoms with Crippen molar-refractivity contribution in [2.75, 3.05) is 0 Å². The summed E-state index contributed by atoms with van der Waals surface area (Å²) in [7, 11) is 0. The molecular weight excluding hydrogens is 392 g/mol. The Morgan fingerprint density at radius 3 is 2.25 bits per heavy atom. The van der Waals surface area contributed by atoms with Gasteiger partial charge in [-0.05, 0) is 90.8 Å². The van der Waals surface area contributed by atoms with Crippen molar-refractivity contribution in [3.63, 3.8) is 0 Å². The molecule has 180 valence electrons. The van der Waals surface area contributed by atoms with Crippen LogP contribution in [-0.4, -0.2) is 23.4 Å². The lowest BCUT2D eigenvalue weighted by atomic mass is 9.33. The molecule has 0 radical (unpaired) electrons. The van der Waals surface area contributed by atoms with Crippen LogP contribution in [0.2, 0.25) is 0 Å². The van der Waals surface area contributed by atoms with Crippen molar-refractivity contribution in [2.24, 2.45) is 50.2 Å². The topological polar surface area (TPSA) is 32.8 Å². The zero-order valence-electron chi connectivity index (χ0n) is 22.1. The minimum atomic E-state index is -0.147. The summed E-state index contributed by atoms with van der Waals surface area (Å²) in [6.07, 6.45) is 13.4. The molecule has 1 heterocycles. The van der Waals surface area contributed by atoms with E-state index in [4.69, 9.17) is 4.74 Å². The molecule has 0 amide bonds. The number of epoxide rings is 1. The first-order chi connectivity index (χ1) is 14.7. The molecule has 1 saturated heterocycles. The molecule has 2 heteroatoms. The molecule has 1 aliphatic heterocycles. The third kappa shape index (κ3) is 2.36. The van der Waals surface area contributed by atoms with Gasteiger partial charge in [0.25, 0.3) is 0 Å². The minimum Gasteiger partial charge on any atom is -0.393 e. The largest absolute Gasteiger partial charge is 0.393 e. The second-order valence-electron chi connectivity index (χ2n) is 15.4. The van der Waals surface area contributed by atoms with Gasteiger partial charge in [-0.3, -0.25) is 0 Å². The standard InChI is InChI=1S/C30H48O2/c1-25(2)15-16-27(5)19(17-25)18-9-10-21-28(6)13-12-22(31)26(3,4)20(28)11-14-29(21,7)30(18,8)24-23(27)32-24/h9,19-24,31H,10-17H2,1-8H3. The molecule has 0 aromatic carbocycles. The van der Waals surface area contributed by atoms with Crippen LogP contribution in [0, 0.1) is 50.2 Å². The SMILES string of the molecule is CC1(C)CCC2(C)C(C1)C1=CCC3C4(C)CCC(O)C(C)(C)C4CCC3(C)C1(C)C1OC12. The summed E-state index contributed by atoms with van der Waals surface area (Å²) in [5, 5.41) is 10.9. The summed E-state index contributed by atoms with van der Waals surface area (Å²) in [6.45, 7) is 20.2. The van der Waals surface area contributed by atoms with E-state index in [9.17, 15) is 5.11 Å². The maximum Gasteiger partial charge on any atom is 0.0943 e. The Balaban J connectivity index is 1.46. The van der Waals surface area contributed by atoms with Gasteiger partial charge in [0.1, 0.15) is 0 Å². The van der Waals surface area contributed by atoms with E-state index in [1.54, 1.807) is 5.57 Å². The second-order valence-corrected chi connectivity index (χ2v) is 15.4. The molecule has 0 aromatic rings. The molecule has 5 fully saturated rings. The molecule has 1 N–H and O–H groups in total. The van der Waals surface area contributed by atoms with Crippen molar-refractivity contribution < 1.29 is 9.84 Å². The first-order valence-corrected chi connectivity index (χ1v) is 13.8. The van der Waals surface area contributed by atoms with Crippen LogP contribution in [-0.2, 0) is 4.74 Å². The normalized spacial score (nSPS) is 59.5. The van der Waals surface area contributed by atoms with Gasteiger partial charge in [-0.15, -0.1) is 0 Å². The Labute approximate surface area is 197 Å². The Kier molecular flexibility index (Phi) is 4.20. The van der Waals surface area contributed by atoms with E-state index in [1.165, 1.54) is 44.9 Å². The number of aliphatic hydroxyl groups is 1. The van der Waals surface area contributed by atoms with Gasteiger partial charge in [0.05, 0.1) is 18.3 Å².